The summed E-state index contributed by atoms with van der Waals surface area (Å²) in [5.74, 6) is 0. The summed E-state index contributed by atoms with van der Waals surface area (Å²) in [6, 6.07) is 4.18. The number of rotatable bonds is 2. The Bertz CT molecular complexity index is 427. The van der Waals surface area contributed by atoms with E-state index in [0.29, 0.717) is 5.69 Å². The fourth-order valence-corrected chi connectivity index (χ4v) is 2.30. The van der Waals surface area contributed by atoms with E-state index in [1.165, 1.54) is 6.07 Å². The number of anilines is 1. The molecule has 0 saturated heterocycles. The summed E-state index contributed by atoms with van der Waals surface area (Å²) in [5.41, 5.74) is 1.01. The second-order valence-corrected chi connectivity index (χ2v) is 5.01. The van der Waals surface area contributed by atoms with Gasteiger partial charge in [-0.05, 0) is 44.6 Å². The van der Waals surface area contributed by atoms with Gasteiger partial charge in [0.25, 0.3) is 0 Å². The predicted octanol–water partition coefficient (Wildman–Crippen LogP) is 2.99. The van der Waals surface area contributed by atoms with Gasteiger partial charge in [0.05, 0.1) is 5.56 Å². The monoisotopic (exact) mass is 258 g/mol. The van der Waals surface area contributed by atoms with Crippen molar-refractivity contribution >= 4 is 5.69 Å². The molecule has 0 aromatic heterocycles. The van der Waals surface area contributed by atoms with Crippen molar-refractivity contribution in [2.24, 2.45) is 0 Å². The number of aryl methyl sites for hydroxylation is 1. The minimum Gasteiger partial charge on any atom is -0.381 e. The van der Waals surface area contributed by atoms with E-state index in [1.807, 2.05) is 19.0 Å². The molecule has 1 aliphatic heterocycles. The SMILES string of the molecule is CN(C)CC1CCc2ccc(C(F)(F)F)cc2N1. The summed E-state index contributed by atoms with van der Waals surface area (Å²) in [5, 5.41) is 3.20. The molecule has 0 amide bonds. The standard InChI is InChI=1S/C13H17F3N2/c1-18(2)8-11-6-4-9-3-5-10(13(14,15)16)7-12(9)17-11/h3,5,7,11,17H,4,6,8H2,1-2H3. The smallest absolute Gasteiger partial charge is 0.381 e. The molecule has 2 rings (SSSR count). The molecule has 5 heteroatoms. The maximum Gasteiger partial charge on any atom is 0.416 e. The molecule has 2 nitrogen and oxygen atoms in total. The molecule has 0 fully saturated rings. The summed E-state index contributed by atoms with van der Waals surface area (Å²) >= 11 is 0. The number of nitrogens with one attached hydrogen (secondary N) is 1. The van der Waals surface area contributed by atoms with Crippen molar-refractivity contribution in [2.75, 3.05) is 26.0 Å². The third-order valence-electron chi connectivity index (χ3n) is 3.14. The molecule has 1 aromatic rings. The molecule has 1 atom stereocenters. The Balaban J connectivity index is 2.19. The highest BCUT2D eigenvalue weighted by Gasteiger charge is 2.31. The molecule has 0 saturated carbocycles. The van der Waals surface area contributed by atoms with E-state index in [4.69, 9.17) is 0 Å². The van der Waals surface area contributed by atoms with Gasteiger partial charge in [-0.15, -0.1) is 0 Å². The van der Waals surface area contributed by atoms with Crippen molar-refractivity contribution in [1.29, 1.82) is 0 Å². The van der Waals surface area contributed by atoms with Gasteiger partial charge < -0.3 is 10.2 Å². The lowest BCUT2D eigenvalue weighted by Crippen LogP contribution is -2.35. The van der Waals surface area contributed by atoms with Gasteiger partial charge in [0.15, 0.2) is 0 Å². The third-order valence-corrected chi connectivity index (χ3v) is 3.14. The molecule has 0 bridgehead atoms. The highest BCUT2D eigenvalue weighted by molar-refractivity contribution is 5.56. The molecule has 1 aliphatic rings. The molecule has 1 heterocycles. The maximum atomic E-state index is 12.6. The van der Waals surface area contributed by atoms with Crippen LogP contribution in [-0.4, -0.2) is 31.6 Å². The van der Waals surface area contributed by atoms with Crippen molar-refractivity contribution in [3.63, 3.8) is 0 Å². The predicted molar refractivity (Wildman–Crippen MR) is 65.7 cm³/mol. The quantitative estimate of drug-likeness (QED) is 0.877. The van der Waals surface area contributed by atoms with Crippen LogP contribution in [0.15, 0.2) is 18.2 Å². The molecule has 1 unspecified atom stereocenters. The van der Waals surface area contributed by atoms with Gasteiger partial charge in [0, 0.05) is 18.3 Å². The van der Waals surface area contributed by atoms with Crippen LogP contribution in [0, 0.1) is 0 Å². The van der Waals surface area contributed by atoms with E-state index >= 15 is 0 Å². The number of likely N-dealkylation sites (N-methyl/N-ethyl adjacent to an activating group) is 1. The number of benzene rings is 1. The second-order valence-electron chi connectivity index (χ2n) is 5.01. The lowest BCUT2D eigenvalue weighted by molar-refractivity contribution is -0.137. The largest absolute Gasteiger partial charge is 0.416 e. The molecule has 18 heavy (non-hydrogen) atoms. The van der Waals surface area contributed by atoms with Gasteiger partial charge in [-0.2, -0.15) is 13.2 Å². The zero-order chi connectivity index (χ0) is 13.3. The first kappa shape index (κ1) is 13.2. The molecule has 0 spiro atoms. The number of halogens is 3. The highest BCUT2D eigenvalue weighted by atomic mass is 19.4. The maximum absolute atomic E-state index is 12.6. The highest BCUT2D eigenvalue weighted by Crippen LogP contribution is 2.34. The molecular weight excluding hydrogens is 241 g/mol. The van der Waals surface area contributed by atoms with Crippen LogP contribution < -0.4 is 5.32 Å². The number of alkyl halides is 3. The normalized spacial score (nSPS) is 19.6. The number of hydrogen-bond donors (Lipinski definition) is 1. The topological polar surface area (TPSA) is 15.3 Å². The number of nitrogens with zero attached hydrogens (tertiary/aromatic N) is 1. The van der Waals surface area contributed by atoms with Gasteiger partial charge in [-0.3, -0.25) is 0 Å². The summed E-state index contributed by atoms with van der Waals surface area (Å²) < 4.78 is 37.9. The summed E-state index contributed by atoms with van der Waals surface area (Å²) in [4.78, 5) is 2.04. The molecule has 1 aromatic carbocycles. The van der Waals surface area contributed by atoms with Crippen molar-refractivity contribution in [2.45, 2.75) is 25.1 Å². The van der Waals surface area contributed by atoms with E-state index in [1.54, 1.807) is 6.07 Å². The van der Waals surface area contributed by atoms with Crippen LogP contribution in [0.2, 0.25) is 0 Å². The summed E-state index contributed by atoms with van der Waals surface area (Å²) in [6.45, 7) is 0.829. The molecular formula is C13H17F3N2. The summed E-state index contributed by atoms with van der Waals surface area (Å²) in [7, 11) is 3.92. The van der Waals surface area contributed by atoms with E-state index in [-0.39, 0.29) is 6.04 Å². The minimum atomic E-state index is -4.27. The van der Waals surface area contributed by atoms with Gasteiger partial charge in [-0.1, -0.05) is 6.07 Å². The fraction of sp³-hybridized carbons (Fsp3) is 0.538. The number of hydrogen-bond acceptors (Lipinski definition) is 2. The van der Waals surface area contributed by atoms with Crippen LogP contribution in [0.1, 0.15) is 17.5 Å². The average molecular weight is 258 g/mol. The van der Waals surface area contributed by atoms with Crippen molar-refractivity contribution in [3.05, 3.63) is 29.3 Å². The Hall–Kier alpha value is -1.23. The first-order valence-electron chi connectivity index (χ1n) is 5.97. The third kappa shape index (κ3) is 2.96. The fourth-order valence-electron chi connectivity index (χ4n) is 2.30. The van der Waals surface area contributed by atoms with Gasteiger partial charge in [0.2, 0.25) is 0 Å². The minimum absolute atomic E-state index is 0.219. The average Bonchev–Trinajstić information content (AvgIpc) is 2.26. The molecule has 0 radical (unpaired) electrons. The van der Waals surface area contributed by atoms with Gasteiger partial charge in [0.1, 0.15) is 0 Å². The summed E-state index contributed by atoms with van der Waals surface area (Å²) in [6.07, 6.45) is -2.49. The first-order valence-corrected chi connectivity index (χ1v) is 5.97. The van der Waals surface area contributed by atoms with Crippen molar-refractivity contribution < 1.29 is 13.2 Å². The Morgan fingerprint density at radius 2 is 2.06 bits per heavy atom. The first-order chi connectivity index (χ1) is 8.36. The van der Waals surface area contributed by atoms with E-state index < -0.39 is 11.7 Å². The van der Waals surface area contributed by atoms with Crippen LogP contribution in [0.25, 0.3) is 0 Å². The van der Waals surface area contributed by atoms with Crippen LogP contribution in [0.5, 0.6) is 0 Å². The zero-order valence-corrected chi connectivity index (χ0v) is 10.5. The number of fused-ring (bicyclic) bond motifs is 1. The molecule has 100 valence electrons. The van der Waals surface area contributed by atoms with Crippen LogP contribution in [0.4, 0.5) is 18.9 Å². The van der Waals surface area contributed by atoms with Crippen molar-refractivity contribution in [1.82, 2.24) is 4.90 Å². The van der Waals surface area contributed by atoms with Gasteiger partial charge >= 0.3 is 6.18 Å². The molecule has 1 N–H and O–H groups in total. The van der Waals surface area contributed by atoms with Gasteiger partial charge in [-0.25, -0.2) is 0 Å². The van der Waals surface area contributed by atoms with E-state index in [2.05, 4.69) is 5.32 Å². The van der Waals surface area contributed by atoms with E-state index in [9.17, 15) is 13.2 Å². The molecule has 0 aliphatic carbocycles. The van der Waals surface area contributed by atoms with Crippen LogP contribution in [0.3, 0.4) is 0 Å². The Kier molecular flexibility index (Phi) is 3.52. The Morgan fingerprint density at radius 3 is 2.67 bits per heavy atom. The van der Waals surface area contributed by atoms with Crippen molar-refractivity contribution in [3.8, 4) is 0 Å². The second kappa shape index (κ2) is 4.80. The van der Waals surface area contributed by atoms with Crippen LogP contribution in [-0.2, 0) is 12.6 Å². The lowest BCUT2D eigenvalue weighted by Gasteiger charge is -2.29. The van der Waals surface area contributed by atoms with Crippen LogP contribution >= 0.6 is 0 Å². The lowest BCUT2D eigenvalue weighted by atomic mass is 9.96. The Morgan fingerprint density at radius 1 is 1.33 bits per heavy atom. The Labute approximate surface area is 105 Å². The van der Waals surface area contributed by atoms with E-state index in [0.717, 1.165) is 31.0 Å². The zero-order valence-electron chi connectivity index (χ0n) is 10.5.